The summed E-state index contributed by atoms with van der Waals surface area (Å²) in [5.74, 6) is 1.61. The van der Waals surface area contributed by atoms with Crippen molar-refractivity contribution in [2.75, 3.05) is 20.8 Å². The third kappa shape index (κ3) is 7.29. The summed E-state index contributed by atoms with van der Waals surface area (Å²) < 4.78 is 16.2. The predicted molar refractivity (Wildman–Crippen MR) is 129 cm³/mol. The van der Waals surface area contributed by atoms with Crippen LogP contribution in [0.3, 0.4) is 0 Å². The minimum atomic E-state index is -0.339. The van der Waals surface area contributed by atoms with Crippen LogP contribution >= 0.6 is 0 Å². The maximum absolute atomic E-state index is 12.2. The zero-order valence-corrected chi connectivity index (χ0v) is 20.5. The van der Waals surface area contributed by atoms with Gasteiger partial charge in [-0.05, 0) is 54.0 Å². The van der Waals surface area contributed by atoms with Crippen molar-refractivity contribution in [1.82, 2.24) is 5.43 Å². The first-order valence-corrected chi connectivity index (χ1v) is 10.7. The molecule has 2 aromatic rings. The lowest BCUT2D eigenvalue weighted by Crippen LogP contribution is -2.26. The van der Waals surface area contributed by atoms with Crippen molar-refractivity contribution in [1.29, 1.82) is 0 Å². The molecule has 0 aliphatic carbocycles. The number of benzene rings is 2. The second-order valence-electron chi connectivity index (χ2n) is 9.73. The first-order valence-electron chi connectivity index (χ1n) is 10.7. The molecular weight excluding hydrogens is 404 g/mol. The zero-order chi connectivity index (χ0) is 23.9. The van der Waals surface area contributed by atoms with Gasteiger partial charge in [-0.3, -0.25) is 4.79 Å². The van der Waals surface area contributed by atoms with E-state index >= 15 is 0 Å². The lowest BCUT2D eigenvalue weighted by molar-refractivity contribution is -0.123. The lowest BCUT2D eigenvalue weighted by atomic mass is 9.72. The highest BCUT2D eigenvalue weighted by Gasteiger charge is 2.27. The Hall–Kier alpha value is -3.02. The number of nitrogens with zero attached hydrogens (tertiary/aromatic N) is 1. The molecule has 2 rings (SSSR count). The Balaban J connectivity index is 1.94. The van der Waals surface area contributed by atoms with Crippen LogP contribution in [0.2, 0.25) is 0 Å². The quantitative estimate of drug-likeness (QED) is 0.422. The standard InChI is InChI=1S/C26H36N2O4/c1-18(22-14-13-21(30-7)15-23(22)31-8)27-28-24(29)16-32-20-11-9-19(10-12-20)26(5,6)17-25(2,3)4/h9-15H,16-17H2,1-8H3,(H,28,29)/b27-18-. The van der Waals surface area contributed by atoms with Gasteiger partial charge in [-0.25, -0.2) is 5.43 Å². The molecule has 2 aromatic carbocycles. The van der Waals surface area contributed by atoms with Crippen molar-refractivity contribution >= 4 is 11.6 Å². The summed E-state index contributed by atoms with van der Waals surface area (Å²) >= 11 is 0. The highest BCUT2D eigenvalue weighted by atomic mass is 16.5. The van der Waals surface area contributed by atoms with Gasteiger partial charge in [-0.1, -0.05) is 46.8 Å². The average Bonchev–Trinajstić information content (AvgIpc) is 2.74. The van der Waals surface area contributed by atoms with Crippen LogP contribution in [0.25, 0.3) is 0 Å². The van der Waals surface area contributed by atoms with E-state index in [1.54, 1.807) is 27.2 Å². The van der Waals surface area contributed by atoms with Crippen LogP contribution in [0.4, 0.5) is 0 Å². The van der Waals surface area contributed by atoms with Crippen molar-refractivity contribution in [3.63, 3.8) is 0 Å². The van der Waals surface area contributed by atoms with E-state index < -0.39 is 0 Å². The summed E-state index contributed by atoms with van der Waals surface area (Å²) in [6.45, 7) is 12.9. The molecule has 174 valence electrons. The monoisotopic (exact) mass is 440 g/mol. The molecular formula is C26H36N2O4. The third-order valence-corrected chi connectivity index (χ3v) is 5.12. The fourth-order valence-electron chi connectivity index (χ4n) is 3.92. The maximum atomic E-state index is 12.2. The molecule has 0 spiro atoms. The minimum Gasteiger partial charge on any atom is -0.497 e. The van der Waals surface area contributed by atoms with Crippen molar-refractivity contribution in [2.24, 2.45) is 10.5 Å². The number of nitrogens with one attached hydrogen (secondary N) is 1. The number of hydrogen-bond acceptors (Lipinski definition) is 5. The fourth-order valence-corrected chi connectivity index (χ4v) is 3.92. The van der Waals surface area contributed by atoms with Crippen LogP contribution in [-0.2, 0) is 10.2 Å². The highest BCUT2D eigenvalue weighted by molar-refractivity contribution is 6.01. The Morgan fingerprint density at radius 2 is 1.56 bits per heavy atom. The van der Waals surface area contributed by atoms with E-state index in [0.717, 1.165) is 12.0 Å². The molecule has 32 heavy (non-hydrogen) atoms. The summed E-state index contributed by atoms with van der Waals surface area (Å²) in [4.78, 5) is 12.2. The normalized spacial score (nSPS) is 12.3. The van der Waals surface area contributed by atoms with Gasteiger partial charge in [0.15, 0.2) is 6.61 Å². The van der Waals surface area contributed by atoms with Gasteiger partial charge in [0, 0.05) is 11.6 Å². The smallest absolute Gasteiger partial charge is 0.277 e. The van der Waals surface area contributed by atoms with Crippen LogP contribution in [0.5, 0.6) is 17.2 Å². The molecule has 0 heterocycles. The number of amides is 1. The average molecular weight is 441 g/mol. The topological polar surface area (TPSA) is 69.2 Å². The SMILES string of the molecule is COc1ccc(/C(C)=N\NC(=O)COc2ccc(C(C)(C)CC(C)(C)C)cc2)c(OC)c1. The van der Waals surface area contributed by atoms with E-state index in [9.17, 15) is 4.79 Å². The first-order chi connectivity index (χ1) is 14.9. The molecule has 0 atom stereocenters. The van der Waals surface area contributed by atoms with E-state index in [-0.39, 0.29) is 23.3 Å². The second kappa shape index (κ2) is 10.5. The van der Waals surface area contributed by atoms with Gasteiger partial charge >= 0.3 is 0 Å². The molecule has 0 aliphatic rings. The Morgan fingerprint density at radius 1 is 0.938 bits per heavy atom. The van der Waals surface area contributed by atoms with E-state index in [0.29, 0.717) is 23.0 Å². The van der Waals surface area contributed by atoms with Gasteiger partial charge in [0.05, 0.1) is 19.9 Å². The van der Waals surface area contributed by atoms with Gasteiger partial charge in [0.2, 0.25) is 0 Å². The molecule has 1 N–H and O–H groups in total. The Bertz CT molecular complexity index is 941. The molecule has 0 aliphatic heterocycles. The van der Waals surface area contributed by atoms with Crippen molar-refractivity contribution < 1.29 is 19.0 Å². The summed E-state index contributed by atoms with van der Waals surface area (Å²) in [6.07, 6.45) is 1.07. The number of methoxy groups -OCH3 is 2. The fraction of sp³-hybridized carbons (Fsp3) is 0.462. The molecule has 1 amide bonds. The summed E-state index contributed by atoms with van der Waals surface area (Å²) in [6, 6.07) is 13.4. The Labute approximate surface area is 192 Å². The molecule has 0 aromatic heterocycles. The molecule has 0 bridgehead atoms. The predicted octanol–water partition coefficient (Wildman–Crippen LogP) is 5.34. The van der Waals surface area contributed by atoms with Gasteiger partial charge in [-0.15, -0.1) is 0 Å². The lowest BCUT2D eigenvalue weighted by Gasteiger charge is -2.33. The number of carbonyl (C=O) groups excluding carboxylic acids is 1. The van der Waals surface area contributed by atoms with Crippen LogP contribution in [0.15, 0.2) is 47.6 Å². The summed E-state index contributed by atoms with van der Waals surface area (Å²) in [5, 5.41) is 4.17. The molecule has 0 saturated heterocycles. The maximum Gasteiger partial charge on any atom is 0.277 e. The number of hydrazone groups is 1. The van der Waals surface area contributed by atoms with Gasteiger partial charge in [0.25, 0.3) is 5.91 Å². The first kappa shape index (κ1) is 25.2. The zero-order valence-electron chi connectivity index (χ0n) is 20.5. The van der Waals surface area contributed by atoms with E-state index in [4.69, 9.17) is 14.2 Å². The Morgan fingerprint density at radius 3 is 2.12 bits per heavy atom. The van der Waals surface area contributed by atoms with E-state index in [2.05, 4.69) is 57.3 Å². The van der Waals surface area contributed by atoms with Crippen LogP contribution in [0, 0.1) is 5.41 Å². The molecule has 0 fully saturated rings. The van der Waals surface area contributed by atoms with Crippen LogP contribution in [0.1, 0.15) is 59.1 Å². The van der Waals surface area contributed by atoms with Gasteiger partial charge < -0.3 is 14.2 Å². The van der Waals surface area contributed by atoms with E-state index in [1.807, 2.05) is 24.3 Å². The molecule has 0 unspecified atom stereocenters. The second-order valence-corrected chi connectivity index (χ2v) is 9.73. The van der Waals surface area contributed by atoms with Gasteiger partial charge in [0.1, 0.15) is 17.2 Å². The van der Waals surface area contributed by atoms with Crippen molar-refractivity contribution in [3.8, 4) is 17.2 Å². The van der Waals surface area contributed by atoms with Crippen LogP contribution < -0.4 is 19.6 Å². The van der Waals surface area contributed by atoms with Crippen LogP contribution in [-0.4, -0.2) is 32.4 Å². The molecule has 0 radical (unpaired) electrons. The number of ether oxygens (including phenoxy) is 3. The Kier molecular flexibility index (Phi) is 8.31. The van der Waals surface area contributed by atoms with Crippen molar-refractivity contribution in [3.05, 3.63) is 53.6 Å². The minimum absolute atomic E-state index is 0.0584. The van der Waals surface area contributed by atoms with E-state index in [1.165, 1.54) is 5.56 Å². The summed E-state index contributed by atoms with van der Waals surface area (Å²) in [7, 11) is 3.17. The molecule has 6 nitrogen and oxygen atoms in total. The number of carbonyl (C=O) groups is 1. The van der Waals surface area contributed by atoms with Crippen molar-refractivity contribution in [2.45, 2.75) is 53.4 Å². The number of rotatable bonds is 9. The third-order valence-electron chi connectivity index (χ3n) is 5.12. The largest absolute Gasteiger partial charge is 0.497 e. The highest BCUT2D eigenvalue weighted by Crippen LogP contribution is 2.36. The van der Waals surface area contributed by atoms with Gasteiger partial charge in [-0.2, -0.15) is 5.10 Å². The number of hydrogen-bond donors (Lipinski definition) is 1. The molecule has 6 heteroatoms. The molecule has 0 saturated carbocycles. The summed E-state index contributed by atoms with van der Waals surface area (Å²) in [5.41, 5.74) is 5.46.